The number of rotatable bonds is 11. The van der Waals surface area contributed by atoms with E-state index in [1.165, 1.54) is 0 Å². The summed E-state index contributed by atoms with van der Waals surface area (Å²) in [6.07, 6.45) is 2.00. The second-order valence-corrected chi connectivity index (χ2v) is 12.9. The maximum atomic E-state index is 13.7. The molecule has 2 saturated heterocycles. The van der Waals surface area contributed by atoms with E-state index in [1.54, 1.807) is 35.6 Å². The first-order chi connectivity index (χ1) is 21.9. The van der Waals surface area contributed by atoms with Crippen LogP contribution in [-0.4, -0.2) is 64.2 Å². The lowest BCUT2D eigenvalue weighted by Crippen LogP contribution is -2.52. The molecule has 45 heavy (non-hydrogen) atoms. The maximum Gasteiger partial charge on any atom is 0.254 e. The van der Waals surface area contributed by atoms with Crippen molar-refractivity contribution < 1.29 is 19.4 Å². The van der Waals surface area contributed by atoms with Gasteiger partial charge in [-0.25, -0.2) is 4.98 Å². The number of benzene rings is 3. The van der Waals surface area contributed by atoms with Crippen LogP contribution in [0.2, 0.25) is 0 Å². The molecule has 0 aliphatic carbocycles. The number of nitrogens with one attached hydrogen (secondary N) is 2. The number of ether oxygens (including phenoxy) is 1. The molecule has 0 spiro atoms. The quantitative estimate of drug-likeness (QED) is 0.215. The van der Waals surface area contributed by atoms with E-state index in [0.717, 1.165) is 34.7 Å². The molecule has 2 amide bonds. The number of aryl methyl sites for hydroxylation is 1. The first-order valence-electron chi connectivity index (χ1n) is 15.7. The summed E-state index contributed by atoms with van der Waals surface area (Å²) >= 11 is 1.59. The van der Waals surface area contributed by atoms with Gasteiger partial charge in [0.2, 0.25) is 0 Å². The van der Waals surface area contributed by atoms with E-state index in [-0.39, 0.29) is 30.0 Å². The third-order valence-electron chi connectivity index (χ3n) is 8.70. The van der Waals surface area contributed by atoms with Gasteiger partial charge in [-0.15, -0.1) is 11.3 Å². The summed E-state index contributed by atoms with van der Waals surface area (Å²) in [5.74, 6) is -0.425. The van der Waals surface area contributed by atoms with E-state index < -0.39 is 12.1 Å². The Hall–Kier alpha value is -3.89. The summed E-state index contributed by atoms with van der Waals surface area (Å²) in [7, 11) is 0. The van der Waals surface area contributed by atoms with Crippen molar-refractivity contribution in [2.75, 3.05) is 13.1 Å². The molecule has 3 heterocycles. The molecule has 4 aromatic rings. The molecule has 234 valence electrons. The number of hydrogen-bond donors (Lipinski definition) is 3. The smallest absolute Gasteiger partial charge is 0.254 e. The van der Waals surface area contributed by atoms with Crippen LogP contribution in [0, 0.1) is 6.92 Å². The average molecular weight is 625 g/mol. The van der Waals surface area contributed by atoms with E-state index >= 15 is 0 Å². The van der Waals surface area contributed by atoms with Crippen LogP contribution < -0.4 is 10.6 Å². The second-order valence-electron chi connectivity index (χ2n) is 12.0. The molecule has 8 nitrogen and oxygen atoms in total. The summed E-state index contributed by atoms with van der Waals surface area (Å²) in [6, 6.07) is 25.9. The van der Waals surface area contributed by atoms with E-state index in [9.17, 15) is 14.7 Å². The zero-order chi connectivity index (χ0) is 31.2. The zero-order valence-corrected chi connectivity index (χ0v) is 26.3. The van der Waals surface area contributed by atoms with Gasteiger partial charge in [-0.05, 0) is 61.9 Å². The van der Waals surface area contributed by atoms with Crippen molar-refractivity contribution in [3.63, 3.8) is 0 Å². The predicted molar refractivity (Wildman–Crippen MR) is 175 cm³/mol. The van der Waals surface area contributed by atoms with Crippen molar-refractivity contribution in [1.82, 2.24) is 20.5 Å². The highest BCUT2D eigenvalue weighted by molar-refractivity contribution is 7.09. The summed E-state index contributed by atoms with van der Waals surface area (Å²) in [5, 5.41) is 21.1. The molecule has 3 N–H and O–H groups in total. The standard InChI is InChI=1S/C36H40N4O4S/c1-24-23-45-35(38-24)32-16-9-17-40(32)36(43)28-15-8-14-27(19-28)34(42)39-31(18-25-10-4-2-5-11-25)33(41)30-20-29(21-37-30)44-22-26-12-6-3-7-13-26/h2-8,10-15,19,23,29-33,37,41H,9,16-18,20-22H2,1H3,(H,39,42)/t29-,30-,31+,32?,33-/m1/s1. The Bertz CT molecular complexity index is 1580. The number of aliphatic hydroxyl groups excluding tert-OH is 1. The largest absolute Gasteiger partial charge is 0.389 e. The van der Waals surface area contributed by atoms with Gasteiger partial charge in [-0.1, -0.05) is 66.7 Å². The Morgan fingerprint density at radius 2 is 1.78 bits per heavy atom. The summed E-state index contributed by atoms with van der Waals surface area (Å²) in [4.78, 5) is 33.8. The Balaban J connectivity index is 1.14. The second kappa shape index (κ2) is 14.5. The summed E-state index contributed by atoms with van der Waals surface area (Å²) in [6.45, 7) is 3.76. The van der Waals surface area contributed by atoms with E-state index in [0.29, 0.717) is 43.7 Å². The number of carbonyl (C=O) groups is 2. The van der Waals surface area contributed by atoms with Gasteiger partial charge < -0.3 is 25.4 Å². The van der Waals surface area contributed by atoms with Gasteiger partial charge in [0.15, 0.2) is 0 Å². The van der Waals surface area contributed by atoms with Crippen LogP contribution in [-0.2, 0) is 17.8 Å². The molecular weight excluding hydrogens is 584 g/mol. The van der Waals surface area contributed by atoms with Crippen molar-refractivity contribution >= 4 is 23.2 Å². The first kappa shape index (κ1) is 31.1. The molecule has 2 aliphatic heterocycles. The van der Waals surface area contributed by atoms with E-state index in [1.807, 2.05) is 77.9 Å². The molecule has 0 radical (unpaired) electrons. The fourth-order valence-electron chi connectivity index (χ4n) is 6.32. The van der Waals surface area contributed by atoms with Crippen LogP contribution in [0.25, 0.3) is 0 Å². The number of aliphatic hydroxyl groups is 1. The van der Waals surface area contributed by atoms with Gasteiger partial charge in [0, 0.05) is 41.3 Å². The van der Waals surface area contributed by atoms with Crippen molar-refractivity contribution in [3.05, 3.63) is 123 Å². The Kier molecular flexibility index (Phi) is 10.0. The monoisotopic (exact) mass is 624 g/mol. The molecular formula is C36H40N4O4S. The van der Waals surface area contributed by atoms with Crippen molar-refractivity contribution in [2.45, 2.75) is 69.5 Å². The number of nitrogens with zero attached hydrogens (tertiary/aromatic N) is 2. The Morgan fingerprint density at radius 3 is 2.51 bits per heavy atom. The van der Waals surface area contributed by atoms with Crippen molar-refractivity contribution in [3.8, 4) is 0 Å². The fraction of sp³-hybridized carbons (Fsp3) is 0.361. The molecule has 6 rings (SSSR count). The lowest BCUT2D eigenvalue weighted by atomic mass is 9.94. The summed E-state index contributed by atoms with van der Waals surface area (Å²) in [5.41, 5.74) is 3.94. The third kappa shape index (κ3) is 7.68. The molecule has 3 aromatic carbocycles. The molecule has 5 atom stereocenters. The van der Waals surface area contributed by atoms with Gasteiger partial charge in [-0.2, -0.15) is 0 Å². The van der Waals surface area contributed by atoms with Gasteiger partial charge in [0.1, 0.15) is 5.01 Å². The predicted octanol–water partition coefficient (Wildman–Crippen LogP) is 5.08. The molecule has 1 aromatic heterocycles. The average Bonchev–Trinajstić information content (AvgIpc) is 3.85. The summed E-state index contributed by atoms with van der Waals surface area (Å²) < 4.78 is 6.13. The van der Waals surface area contributed by atoms with Crippen LogP contribution in [0.5, 0.6) is 0 Å². The lowest BCUT2D eigenvalue weighted by Gasteiger charge is -2.29. The van der Waals surface area contributed by atoms with Gasteiger partial charge in [-0.3, -0.25) is 9.59 Å². The van der Waals surface area contributed by atoms with E-state index in [4.69, 9.17) is 4.74 Å². The first-order valence-corrected chi connectivity index (χ1v) is 16.6. The van der Waals surface area contributed by atoms with Crippen LogP contribution in [0.15, 0.2) is 90.3 Å². The highest BCUT2D eigenvalue weighted by atomic mass is 32.1. The molecule has 9 heteroatoms. The zero-order valence-electron chi connectivity index (χ0n) is 25.5. The topological polar surface area (TPSA) is 104 Å². The van der Waals surface area contributed by atoms with Gasteiger partial charge >= 0.3 is 0 Å². The number of aromatic nitrogens is 1. The maximum absolute atomic E-state index is 13.7. The van der Waals surface area contributed by atoms with Crippen LogP contribution >= 0.6 is 11.3 Å². The minimum absolute atomic E-state index is 0.0386. The molecule has 2 aliphatic rings. The lowest BCUT2D eigenvalue weighted by molar-refractivity contribution is 0.0419. The molecule has 0 bridgehead atoms. The number of carbonyl (C=O) groups excluding carboxylic acids is 2. The van der Waals surface area contributed by atoms with Crippen LogP contribution in [0.1, 0.15) is 67.8 Å². The number of likely N-dealkylation sites (tertiary alicyclic amines) is 1. The van der Waals surface area contributed by atoms with Gasteiger partial charge in [0.05, 0.1) is 30.9 Å². The fourth-order valence-corrected chi connectivity index (χ4v) is 7.26. The Labute approximate surface area is 268 Å². The molecule has 2 fully saturated rings. The highest BCUT2D eigenvalue weighted by Gasteiger charge is 2.36. The molecule has 1 unspecified atom stereocenters. The minimum Gasteiger partial charge on any atom is -0.389 e. The minimum atomic E-state index is -0.851. The molecule has 0 saturated carbocycles. The highest BCUT2D eigenvalue weighted by Crippen LogP contribution is 2.35. The van der Waals surface area contributed by atoms with Crippen molar-refractivity contribution in [2.24, 2.45) is 0 Å². The SMILES string of the molecule is Cc1csc(C2CCCN2C(=O)c2cccc(C(=O)N[C@@H](Cc3ccccc3)[C@H](O)[C@H]3C[C@@H](OCc4ccccc4)CN3)c2)n1. The van der Waals surface area contributed by atoms with Gasteiger partial charge in [0.25, 0.3) is 11.8 Å². The Morgan fingerprint density at radius 1 is 1.04 bits per heavy atom. The number of thiazole rings is 1. The van der Waals surface area contributed by atoms with Crippen molar-refractivity contribution in [1.29, 1.82) is 0 Å². The van der Waals surface area contributed by atoms with Crippen LogP contribution in [0.3, 0.4) is 0 Å². The third-order valence-corrected chi connectivity index (χ3v) is 9.76. The number of hydrogen-bond acceptors (Lipinski definition) is 7. The van der Waals surface area contributed by atoms with E-state index in [2.05, 4.69) is 15.6 Å². The van der Waals surface area contributed by atoms with Crippen LogP contribution in [0.4, 0.5) is 0 Å². The normalized spacial score (nSPS) is 21.0. The number of amides is 2.